The second-order valence-electron chi connectivity index (χ2n) is 7.17. The molecule has 0 radical (unpaired) electrons. The average Bonchev–Trinajstić information content (AvgIpc) is 2.66. The fraction of sp³-hybridized carbons (Fsp3) is 0.810. The van der Waals surface area contributed by atoms with Gasteiger partial charge in [0, 0.05) is 0 Å². The summed E-state index contributed by atoms with van der Waals surface area (Å²) in [4.78, 5) is 24.5. The van der Waals surface area contributed by atoms with E-state index in [9.17, 15) is 9.59 Å². The lowest BCUT2D eigenvalue weighted by Gasteiger charge is -2.29. The van der Waals surface area contributed by atoms with Gasteiger partial charge in [-0.05, 0) is 31.6 Å². The van der Waals surface area contributed by atoms with Crippen LogP contribution in [0, 0.1) is 5.92 Å². The molecule has 5 heteroatoms. The van der Waals surface area contributed by atoms with Gasteiger partial charge in [-0.3, -0.25) is 0 Å². The average molecular weight is 368 g/mol. The molecule has 0 aliphatic heterocycles. The van der Waals surface area contributed by atoms with E-state index in [2.05, 4.69) is 18.8 Å². The fourth-order valence-electron chi connectivity index (χ4n) is 3.39. The van der Waals surface area contributed by atoms with E-state index in [1.807, 2.05) is 0 Å². The molecule has 0 bridgehead atoms. The number of hydrogen-bond acceptors (Lipinski definition) is 4. The van der Waals surface area contributed by atoms with Gasteiger partial charge in [-0.2, -0.15) is 0 Å². The van der Waals surface area contributed by atoms with Crippen molar-refractivity contribution in [3.8, 4) is 0 Å². The van der Waals surface area contributed by atoms with Crippen molar-refractivity contribution in [1.29, 1.82) is 0 Å². The maximum absolute atomic E-state index is 12.5. The largest absolute Gasteiger partial charge is 0.464 e. The van der Waals surface area contributed by atoms with Crippen molar-refractivity contribution in [2.75, 3.05) is 13.2 Å². The summed E-state index contributed by atoms with van der Waals surface area (Å²) in [5.74, 6) is -0.168. The topological polar surface area (TPSA) is 64.6 Å². The third kappa shape index (κ3) is 9.83. The molecule has 0 aromatic rings. The predicted octanol–water partition coefficient (Wildman–Crippen LogP) is 5.14. The minimum absolute atomic E-state index is 0.146. The van der Waals surface area contributed by atoms with Gasteiger partial charge >= 0.3 is 12.1 Å². The number of unbranched alkanes of at least 4 members (excludes halogenated alkanes) is 5. The van der Waals surface area contributed by atoms with Gasteiger partial charge in [0.25, 0.3) is 0 Å². The lowest BCUT2D eigenvalue weighted by Crippen LogP contribution is -2.47. The summed E-state index contributed by atoms with van der Waals surface area (Å²) in [6, 6.07) is -0.591. The number of ether oxygens (including phenoxy) is 2. The van der Waals surface area contributed by atoms with Gasteiger partial charge < -0.3 is 14.8 Å². The van der Waals surface area contributed by atoms with Gasteiger partial charge in [-0.15, -0.1) is 6.58 Å². The zero-order valence-electron chi connectivity index (χ0n) is 16.5. The molecule has 1 aliphatic carbocycles. The maximum atomic E-state index is 12.5. The lowest BCUT2D eigenvalue weighted by atomic mass is 9.84. The van der Waals surface area contributed by atoms with Crippen LogP contribution in [0.4, 0.5) is 4.79 Å². The van der Waals surface area contributed by atoms with Crippen LogP contribution in [0.5, 0.6) is 0 Å². The molecule has 1 fully saturated rings. The summed E-state index contributed by atoms with van der Waals surface area (Å²) in [6.45, 7) is 6.51. The predicted molar refractivity (Wildman–Crippen MR) is 104 cm³/mol. The summed E-state index contributed by atoms with van der Waals surface area (Å²) in [5, 5.41) is 2.74. The second-order valence-corrected chi connectivity index (χ2v) is 7.17. The molecular weight excluding hydrogens is 330 g/mol. The van der Waals surface area contributed by atoms with Crippen LogP contribution in [0.15, 0.2) is 12.7 Å². The Bertz CT molecular complexity index is 405. The van der Waals surface area contributed by atoms with E-state index in [-0.39, 0.29) is 18.5 Å². The van der Waals surface area contributed by atoms with Crippen LogP contribution >= 0.6 is 0 Å². The first-order valence-electron chi connectivity index (χ1n) is 10.4. The van der Waals surface area contributed by atoms with Gasteiger partial charge in [-0.25, -0.2) is 9.59 Å². The molecule has 1 N–H and O–H groups in total. The Morgan fingerprint density at radius 3 is 2.42 bits per heavy atom. The monoisotopic (exact) mass is 367 g/mol. The van der Waals surface area contributed by atoms with Crippen molar-refractivity contribution in [2.24, 2.45) is 5.92 Å². The Labute approximate surface area is 158 Å². The van der Waals surface area contributed by atoms with Crippen molar-refractivity contribution < 1.29 is 19.1 Å². The summed E-state index contributed by atoms with van der Waals surface area (Å²) in [6.07, 6.45) is 13.9. The highest BCUT2D eigenvalue weighted by atomic mass is 16.6. The molecule has 150 valence electrons. The Kier molecular flexibility index (Phi) is 12.7. The molecule has 1 saturated carbocycles. The first kappa shape index (κ1) is 22.5. The smallest absolute Gasteiger partial charge is 0.407 e. The molecule has 1 aliphatic rings. The van der Waals surface area contributed by atoms with E-state index in [4.69, 9.17) is 9.47 Å². The fourth-order valence-corrected chi connectivity index (χ4v) is 3.39. The number of rotatable bonds is 13. The molecule has 0 spiro atoms. The van der Waals surface area contributed by atoms with Crippen LogP contribution in [0.3, 0.4) is 0 Å². The molecule has 0 aromatic carbocycles. The Balaban J connectivity index is 2.40. The number of amides is 1. The molecule has 26 heavy (non-hydrogen) atoms. The molecule has 1 atom stereocenters. The zero-order valence-corrected chi connectivity index (χ0v) is 16.5. The summed E-state index contributed by atoms with van der Waals surface area (Å²) >= 11 is 0. The molecule has 0 heterocycles. The van der Waals surface area contributed by atoms with Crippen molar-refractivity contribution in [1.82, 2.24) is 5.32 Å². The molecule has 5 nitrogen and oxygen atoms in total. The van der Waals surface area contributed by atoms with E-state index in [1.165, 1.54) is 32.1 Å². The number of hydrogen-bond donors (Lipinski definition) is 1. The maximum Gasteiger partial charge on any atom is 0.407 e. The van der Waals surface area contributed by atoms with E-state index in [0.717, 1.165) is 38.5 Å². The van der Waals surface area contributed by atoms with Crippen molar-refractivity contribution in [3.63, 3.8) is 0 Å². The van der Waals surface area contributed by atoms with Crippen molar-refractivity contribution in [2.45, 2.75) is 90.0 Å². The molecular formula is C21H37NO4. The number of carbonyl (C=O) groups is 2. The summed E-state index contributed by atoms with van der Waals surface area (Å²) < 4.78 is 10.6. The van der Waals surface area contributed by atoms with Crippen LogP contribution < -0.4 is 5.32 Å². The van der Waals surface area contributed by atoms with E-state index >= 15 is 0 Å². The Morgan fingerprint density at radius 1 is 1.04 bits per heavy atom. The summed E-state index contributed by atoms with van der Waals surface area (Å²) in [5.41, 5.74) is 0. The molecule has 0 aromatic heterocycles. The van der Waals surface area contributed by atoms with Gasteiger partial charge in [0.05, 0.1) is 13.2 Å². The summed E-state index contributed by atoms with van der Waals surface area (Å²) in [7, 11) is 0. The van der Waals surface area contributed by atoms with Crippen molar-refractivity contribution in [3.05, 3.63) is 12.7 Å². The molecule has 1 unspecified atom stereocenters. The first-order chi connectivity index (χ1) is 12.7. The van der Waals surface area contributed by atoms with E-state index in [1.54, 1.807) is 6.08 Å². The minimum Gasteiger partial charge on any atom is -0.464 e. The first-order valence-corrected chi connectivity index (χ1v) is 10.4. The standard InChI is InChI=1S/C21H37NO4/c1-3-5-7-8-9-13-17-25-20(23)19(18-14-11-10-12-15-18)22-21(24)26-16-6-4-2/h4,18-19H,2-3,5-17H2,1H3,(H,22,24). The molecule has 1 rings (SSSR count). The van der Waals surface area contributed by atoms with Gasteiger partial charge in [-0.1, -0.05) is 64.4 Å². The Hall–Kier alpha value is -1.52. The quantitative estimate of drug-likeness (QED) is 0.278. The van der Waals surface area contributed by atoms with Gasteiger partial charge in [0.15, 0.2) is 0 Å². The highest BCUT2D eigenvalue weighted by molar-refractivity contribution is 5.81. The van der Waals surface area contributed by atoms with Crippen molar-refractivity contribution >= 4 is 12.1 Å². The number of nitrogens with one attached hydrogen (secondary N) is 1. The third-order valence-corrected chi connectivity index (χ3v) is 4.95. The SMILES string of the molecule is C=CCCOC(=O)NC(C(=O)OCCCCCCCC)C1CCCCC1. The number of esters is 1. The second kappa shape index (κ2) is 14.6. The van der Waals surface area contributed by atoms with Crippen LogP contribution in [0.1, 0.15) is 84.0 Å². The normalized spacial score (nSPS) is 15.9. The number of carbonyl (C=O) groups excluding carboxylic acids is 2. The molecule has 1 amide bonds. The van der Waals surface area contributed by atoms with Gasteiger partial charge in [0.2, 0.25) is 0 Å². The van der Waals surface area contributed by atoms with Crippen LogP contribution in [0.2, 0.25) is 0 Å². The Morgan fingerprint density at radius 2 is 1.73 bits per heavy atom. The third-order valence-electron chi connectivity index (χ3n) is 4.95. The van der Waals surface area contributed by atoms with Crippen LogP contribution in [0.25, 0.3) is 0 Å². The van der Waals surface area contributed by atoms with Crippen LogP contribution in [-0.2, 0) is 14.3 Å². The minimum atomic E-state index is -0.591. The zero-order chi connectivity index (χ0) is 19.0. The number of alkyl carbamates (subject to hydrolysis) is 1. The molecule has 0 saturated heterocycles. The van der Waals surface area contributed by atoms with Crippen LogP contribution in [-0.4, -0.2) is 31.3 Å². The highest BCUT2D eigenvalue weighted by Gasteiger charge is 2.32. The lowest BCUT2D eigenvalue weighted by molar-refractivity contribution is -0.148. The highest BCUT2D eigenvalue weighted by Crippen LogP contribution is 2.27. The van der Waals surface area contributed by atoms with E-state index in [0.29, 0.717) is 13.0 Å². The van der Waals surface area contributed by atoms with E-state index < -0.39 is 12.1 Å². The van der Waals surface area contributed by atoms with Gasteiger partial charge in [0.1, 0.15) is 6.04 Å².